The maximum Gasteiger partial charge on any atom is 0.326 e. The molecule has 0 saturated carbocycles. The number of amides is 1. The van der Waals surface area contributed by atoms with Gasteiger partial charge in [-0.3, -0.25) is 4.79 Å². The first kappa shape index (κ1) is 22.0. The van der Waals surface area contributed by atoms with Gasteiger partial charge in [0.05, 0.1) is 0 Å². The Labute approximate surface area is 166 Å². The summed E-state index contributed by atoms with van der Waals surface area (Å²) in [7, 11) is 3.85. The van der Waals surface area contributed by atoms with E-state index in [2.05, 4.69) is 5.32 Å². The zero-order valence-corrected chi connectivity index (χ0v) is 17.7. The highest BCUT2D eigenvalue weighted by atomic mass is 16.5. The van der Waals surface area contributed by atoms with Gasteiger partial charge in [0.1, 0.15) is 17.5 Å². The highest BCUT2D eigenvalue weighted by Crippen LogP contribution is 2.43. The molecule has 1 aromatic rings. The Morgan fingerprint density at radius 1 is 1.21 bits per heavy atom. The maximum atomic E-state index is 12.9. The molecule has 1 heterocycles. The molecule has 2 rings (SSSR count). The fraction of sp³-hybridized carbons (Fsp3) is 0.619. The Morgan fingerprint density at radius 3 is 2.43 bits per heavy atom. The Balaban J connectivity index is 2.19. The number of aromatic hydroxyl groups is 1. The van der Waals surface area contributed by atoms with E-state index < -0.39 is 23.5 Å². The average Bonchev–Trinajstić information content (AvgIpc) is 2.63. The first-order chi connectivity index (χ1) is 13.0. The van der Waals surface area contributed by atoms with Crippen LogP contribution in [0, 0.1) is 20.8 Å². The van der Waals surface area contributed by atoms with Crippen molar-refractivity contribution in [2.75, 3.05) is 20.6 Å². The summed E-state index contributed by atoms with van der Waals surface area (Å²) in [4.78, 5) is 26.5. The summed E-state index contributed by atoms with van der Waals surface area (Å²) < 4.78 is 6.13. The standard InChI is InChI=1S/C21H32N2O5/c1-12-13(2)18-15(14(3)17(12)24)9-10-21(4,28-18)20(27)22-16(19(25)26)8-7-11-23(5)6/h16,24H,7-11H2,1-6H3,(H,22,27)(H,25,26). The lowest BCUT2D eigenvalue weighted by atomic mass is 9.86. The Hall–Kier alpha value is -2.28. The molecule has 7 nitrogen and oxygen atoms in total. The molecule has 3 N–H and O–H groups in total. The summed E-state index contributed by atoms with van der Waals surface area (Å²) >= 11 is 0. The molecule has 1 aliphatic rings. The van der Waals surface area contributed by atoms with Crippen LogP contribution in [0.25, 0.3) is 0 Å². The quantitative estimate of drug-likeness (QED) is 0.659. The van der Waals surface area contributed by atoms with Crippen LogP contribution in [0.5, 0.6) is 11.5 Å². The van der Waals surface area contributed by atoms with Crippen LogP contribution in [0.15, 0.2) is 0 Å². The summed E-state index contributed by atoms with van der Waals surface area (Å²) in [6, 6.07) is -0.946. The zero-order chi connectivity index (χ0) is 21.2. The number of phenolic OH excluding ortho intramolecular Hbond substituents is 1. The minimum absolute atomic E-state index is 0.264. The SMILES string of the molecule is Cc1c(C)c2c(c(C)c1O)CCC(C)(C(=O)NC(CCCN(C)C)C(=O)O)O2. The number of carbonyl (C=O) groups is 2. The van der Waals surface area contributed by atoms with E-state index in [9.17, 15) is 19.8 Å². The fourth-order valence-electron chi connectivity index (χ4n) is 3.59. The number of rotatable bonds is 7. The van der Waals surface area contributed by atoms with Gasteiger partial charge in [-0.15, -0.1) is 0 Å². The molecule has 1 aromatic carbocycles. The van der Waals surface area contributed by atoms with Crippen LogP contribution in [0.1, 0.15) is 48.4 Å². The number of phenols is 1. The molecular formula is C21H32N2O5. The van der Waals surface area contributed by atoms with Crippen LogP contribution in [-0.4, -0.2) is 59.3 Å². The third-order valence-electron chi connectivity index (χ3n) is 5.70. The number of ether oxygens (including phenoxy) is 1. The highest BCUT2D eigenvalue weighted by Gasteiger charge is 2.42. The second-order valence-corrected chi connectivity index (χ2v) is 8.17. The van der Waals surface area contributed by atoms with Gasteiger partial charge >= 0.3 is 5.97 Å². The van der Waals surface area contributed by atoms with Gasteiger partial charge in [-0.2, -0.15) is 0 Å². The summed E-state index contributed by atoms with van der Waals surface area (Å²) in [6.45, 7) is 7.97. The molecule has 0 radical (unpaired) electrons. The van der Waals surface area contributed by atoms with Crippen LogP contribution < -0.4 is 10.1 Å². The van der Waals surface area contributed by atoms with Gasteiger partial charge in [0.25, 0.3) is 5.91 Å². The third-order valence-corrected chi connectivity index (χ3v) is 5.70. The fourth-order valence-corrected chi connectivity index (χ4v) is 3.59. The number of aliphatic carboxylic acids is 1. The molecule has 28 heavy (non-hydrogen) atoms. The van der Waals surface area contributed by atoms with E-state index >= 15 is 0 Å². The van der Waals surface area contributed by atoms with E-state index in [4.69, 9.17) is 4.74 Å². The number of carboxylic acid groups (broad SMARTS) is 1. The Bertz CT molecular complexity index is 775. The van der Waals surface area contributed by atoms with Crippen LogP contribution >= 0.6 is 0 Å². The molecule has 1 amide bonds. The number of hydrogen-bond donors (Lipinski definition) is 3. The van der Waals surface area contributed by atoms with E-state index in [0.29, 0.717) is 31.4 Å². The van der Waals surface area contributed by atoms with Crippen molar-refractivity contribution in [2.45, 2.75) is 65.0 Å². The van der Waals surface area contributed by atoms with E-state index in [1.54, 1.807) is 6.92 Å². The molecule has 1 aliphatic heterocycles. The zero-order valence-electron chi connectivity index (χ0n) is 17.7. The topological polar surface area (TPSA) is 99.1 Å². The van der Waals surface area contributed by atoms with Crippen molar-refractivity contribution in [3.8, 4) is 11.5 Å². The van der Waals surface area contributed by atoms with Crippen LogP contribution in [0.3, 0.4) is 0 Å². The molecule has 0 aromatic heterocycles. The van der Waals surface area contributed by atoms with Crippen LogP contribution in [0.4, 0.5) is 0 Å². The van der Waals surface area contributed by atoms with E-state index in [1.165, 1.54) is 0 Å². The van der Waals surface area contributed by atoms with Crippen molar-refractivity contribution in [3.05, 3.63) is 22.3 Å². The van der Waals surface area contributed by atoms with E-state index in [1.807, 2.05) is 39.8 Å². The lowest BCUT2D eigenvalue weighted by Gasteiger charge is -2.37. The second kappa shape index (κ2) is 8.39. The van der Waals surface area contributed by atoms with E-state index in [0.717, 1.165) is 28.8 Å². The normalized spacial score (nSPS) is 19.7. The predicted octanol–water partition coefficient (Wildman–Crippen LogP) is 2.31. The Morgan fingerprint density at radius 2 is 1.86 bits per heavy atom. The maximum absolute atomic E-state index is 12.9. The third kappa shape index (κ3) is 4.41. The van der Waals surface area contributed by atoms with Crippen molar-refractivity contribution >= 4 is 11.9 Å². The summed E-state index contributed by atoms with van der Waals surface area (Å²) in [5.41, 5.74) is 2.06. The number of benzene rings is 1. The van der Waals surface area contributed by atoms with Crippen molar-refractivity contribution in [1.82, 2.24) is 10.2 Å². The smallest absolute Gasteiger partial charge is 0.326 e. The number of carboxylic acids is 1. The number of nitrogens with zero attached hydrogens (tertiary/aromatic N) is 1. The first-order valence-corrected chi connectivity index (χ1v) is 9.67. The van der Waals surface area contributed by atoms with Crippen molar-refractivity contribution in [2.24, 2.45) is 0 Å². The second-order valence-electron chi connectivity index (χ2n) is 8.17. The van der Waals surface area contributed by atoms with Crippen molar-refractivity contribution < 1.29 is 24.5 Å². The lowest BCUT2D eigenvalue weighted by Crippen LogP contribution is -2.55. The summed E-state index contributed by atoms with van der Waals surface area (Å²) in [5, 5.41) is 22.4. The van der Waals surface area contributed by atoms with Crippen LogP contribution in [0.2, 0.25) is 0 Å². The predicted molar refractivity (Wildman–Crippen MR) is 107 cm³/mol. The molecule has 2 unspecified atom stereocenters. The minimum Gasteiger partial charge on any atom is -0.507 e. The molecule has 0 spiro atoms. The Kier molecular flexibility index (Phi) is 6.59. The summed E-state index contributed by atoms with van der Waals surface area (Å²) in [6.07, 6.45) is 2.02. The van der Waals surface area contributed by atoms with Gasteiger partial charge in [0.15, 0.2) is 5.60 Å². The molecule has 0 bridgehead atoms. The monoisotopic (exact) mass is 392 g/mol. The number of fused-ring (bicyclic) bond motifs is 1. The molecule has 7 heteroatoms. The number of carbonyl (C=O) groups excluding carboxylic acids is 1. The van der Waals surface area contributed by atoms with E-state index in [-0.39, 0.29) is 5.75 Å². The van der Waals surface area contributed by atoms with Crippen LogP contribution in [-0.2, 0) is 16.0 Å². The summed E-state index contributed by atoms with van der Waals surface area (Å²) in [5.74, 6) is -0.575. The van der Waals surface area contributed by atoms with Gasteiger partial charge < -0.3 is 25.2 Å². The van der Waals surface area contributed by atoms with Gasteiger partial charge in [-0.1, -0.05) is 0 Å². The van der Waals surface area contributed by atoms with Crippen molar-refractivity contribution in [1.29, 1.82) is 0 Å². The van der Waals surface area contributed by atoms with Gasteiger partial charge in [-0.05, 0) is 84.3 Å². The highest BCUT2D eigenvalue weighted by molar-refractivity contribution is 5.89. The molecule has 2 atom stereocenters. The lowest BCUT2D eigenvalue weighted by molar-refractivity contribution is -0.146. The van der Waals surface area contributed by atoms with Gasteiger partial charge in [-0.25, -0.2) is 4.79 Å². The molecule has 0 fully saturated rings. The molecule has 0 saturated heterocycles. The molecular weight excluding hydrogens is 360 g/mol. The average molecular weight is 392 g/mol. The van der Waals surface area contributed by atoms with Gasteiger partial charge in [0, 0.05) is 12.0 Å². The minimum atomic E-state index is -1.15. The van der Waals surface area contributed by atoms with Crippen molar-refractivity contribution in [3.63, 3.8) is 0 Å². The molecule has 156 valence electrons. The first-order valence-electron chi connectivity index (χ1n) is 9.67. The largest absolute Gasteiger partial charge is 0.507 e. The van der Waals surface area contributed by atoms with Gasteiger partial charge in [0.2, 0.25) is 0 Å². The number of nitrogens with one attached hydrogen (secondary N) is 1. The molecule has 0 aliphatic carbocycles. The number of hydrogen-bond acceptors (Lipinski definition) is 5.